The summed E-state index contributed by atoms with van der Waals surface area (Å²) < 4.78 is 5.28. The van der Waals surface area contributed by atoms with E-state index in [-0.39, 0.29) is 12.1 Å². The van der Waals surface area contributed by atoms with Gasteiger partial charge in [0.05, 0.1) is 6.61 Å². The number of carbonyl (C=O) groups is 1. The SMILES string of the molecule is CCC(COC)N1C(C(=O)O)CC2CCCCC21. The second-order valence-corrected chi connectivity index (χ2v) is 5.67. The van der Waals surface area contributed by atoms with Crippen LogP contribution >= 0.6 is 0 Å². The monoisotopic (exact) mass is 255 g/mol. The average molecular weight is 255 g/mol. The molecule has 1 aliphatic carbocycles. The summed E-state index contributed by atoms with van der Waals surface area (Å²) >= 11 is 0. The molecule has 0 amide bonds. The summed E-state index contributed by atoms with van der Waals surface area (Å²) in [5.41, 5.74) is 0. The Balaban J connectivity index is 2.17. The van der Waals surface area contributed by atoms with Crippen LogP contribution < -0.4 is 0 Å². The van der Waals surface area contributed by atoms with Crippen molar-refractivity contribution in [3.05, 3.63) is 0 Å². The van der Waals surface area contributed by atoms with Gasteiger partial charge in [0, 0.05) is 19.2 Å². The van der Waals surface area contributed by atoms with Crippen molar-refractivity contribution in [2.45, 2.75) is 63.6 Å². The molecule has 2 fully saturated rings. The number of rotatable bonds is 5. The van der Waals surface area contributed by atoms with Crippen LogP contribution in [0, 0.1) is 5.92 Å². The predicted octanol–water partition coefficient (Wildman–Crippen LogP) is 2.13. The fourth-order valence-electron chi connectivity index (χ4n) is 3.86. The largest absolute Gasteiger partial charge is 0.480 e. The van der Waals surface area contributed by atoms with Gasteiger partial charge >= 0.3 is 5.97 Å². The highest BCUT2D eigenvalue weighted by molar-refractivity contribution is 5.74. The van der Waals surface area contributed by atoms with E-state index in [1.165, 1.54) is 19.3 Å². The van der Waals surface area contributed by atoms with Gasteiger partial charge in [-0.15, -0.1) is 0 Å². The minimum Gasteiger partial charge on any atom is -0.480 e. The van der Waals surface area contributed by atoms with Crippen molar-refractivity contribution in [2.24, 2.45) is 5.92 Å². The fourth-order valence-corrected chi connectivity index (χ4v) is 3.86. The number of ether oxygens (including phenoxy) is 1. The van der Waals surface area contributed by atoms with E-state index in [1.807, 2.05) is 0 Å². The van der Waals surface area contributed by atoms with Crippen LogP contribution in [0.5, 0.6) is 0 Å². The summed E-state index contributed by atoms with van der Waals surface area (Å²) in [5.74, 6) is -0.0651. The molecule has 0 aromatic rings. The van der Waals surface area contributed by atoms with Gasteiger partial charge in [-0.1, -0.05) is 19.8 Å². The first-order valence-electron chi connectivity index (χ1n) is 7.18. The van der Waals surface area contributed by atoms with Gasteiger partial charge in [0.1, 0.15) is 6.04 Å². The van der Waals surface area contributed by atoms with E-state index in [1.54, 1.807) is 7.11 Å². The van der Waals surface area contributed by atoms with Crippen LogP contribution in [0.3, 0.4) is 0 Å². The molecule has 1 aliphatic heterocycles. The molecule has 0 radical (unpaired) electrons. The summed E-state index contributed by atoms with van der Waals surface area (Å²) in [6.07, 6.45) is 6.67. The maximum atomic E-state index is 11.5. The van der Waals surface area contributed by atoms with Gasteiger partial charge in [0.15, 0.2) is 0 Å². The van der Waals surface area contributed by atoms with E-state index in [9.17, 15) is 9.90 Å². The molecule has 4 atom stereocenters. The number of carboxylic acids is 1. The van der Waals surface area contributed by atoms with Crippen LogP contribution in [0.2, 0.25) is 0 Å². The number of carboxylic acid groups (broad SMARTS) is 1. The van der Waals surface area contributed by atoms with Crippen LogP contribution in [0.4, 0.5) is 0 Å². The highest BCUT2D eigenvalue weighted by Crippen LogP contribution is 2.41. The molecule has 1 heterocycles. The zero-order chi connectivity index (χ0) is 13.1. The third kappa shape index (κ3) is 2.54. The topological polar surface area (TPSA) is 49.8 Å². The molecule has 104 valence electrons. The first kappa shape index (κ1) is 13.8. The number of hydrogen-bond acceptors (Lipinski definition) is 3. The van der Waals surface area contributed by atoms with E-state index in [0.29, 0.717) is 18.6 Å². The van der Waals surface area contributed by atoms with Crippen molar-refractivity contribution in [3.63, 3.8) is 0 Å². The molecule has 4 nitrogen and oxygen atoms in total. The van der Waals surface area contributed by atoms with Crippen LogP contribution in [0.1, 0.15) is 45.4 Å². The van der Waals surface area contributed by atoms with Crippen molar-refractivity contribution in [2.75, 3.05) is 13.7 Å². The maximum Gasteiger partial charge on any atom is 0.320 e. The Labute approximate surface area is 109 Å². The first-order chi connectivity index (χ1) is 8.69. The molecule has 0 aromatic heterocycles. The van der Waals surface area contributed by atoms with Crippen molar-refractivity contribution < 1.29 is 14.6 Å². The van der Waals surface area contributed by atoms with E-state index in [4.69, 9.17) is 4.74 Å². The Morgan fingerprint density at radius 1 is 1.44 bits per heavy atom. The molecule has 1 N–H and O–H groups in total. The Morgan fingerprint density at radius 2 is 2.17 bits per heavy atom. The number of nitrogens with zero attached hydrogens (tertiary/aromatic N) is 1. The van der Waals surface area contributed by atoms with Gasteiger partial charge in [-0.2, -0.15) is 0 Å². The molecule has 2 rings (SSSR count). The van der Waals surface area contributed by atoms with Gasteiger partial charge in [0.25, 0.3) is 0 Å². The minimum atomic E-state index is -0.654. The highest BCUT2D eigenvalue weighted by Gasteiger charge is 2.47. The molecule has 2 aliphatic rings. The lowest BCUT2D eigenvalue weighted by atomic mass is 9.84. The zero-order valence-electron chi connectivity index (χ0n) is 11.5. The Hall–Kier alpha value is -0.610. The lowest BCUT2D eigenvalue weighted by molar-refractivity contribution is -0.144. The van der Waals surface area contributed by atoms with Crippen molar-refractivity contribution in [3.8, 4) is 0 Å². The van der Waals surface area contributed by atoms with Crippen LogP contribution in [0.15, 0.2) is 0 Å². The Morgan fingerprint density at radius 3 is 2.78 bits per heavy atom. The summed E-state index contributed by atoms with van der Waals surface area (Å²) in [4.78, 5) is 13.8. The quantitative estimate of drug-likeness (QED) is 0.817. The second-order valence-electron chi connectivity index (χ2n) is 5.67. The summed E-state index contributed by atoms with van der Waals surface area (Å²) in [6.45, 7) is 2.77. The van der Waals surface area contributed by atoms with E-state index in [2.05, 4.69) is 11.8 Å². The molecule has 4 heteroatoms. The molecule has 1 saturated carbocycles. The highest BCUT2D eigenvalue weighted by atomic mass is 16.5. The summed E-state index contributed by atoms with van der Waals surface area (Å²) in [5, 5.41) is 9.46. The normalized spacial score (nSPS) is 34.2. The molecule has 1 saturated heterocycles. The van der Waals surface area contributed by atoms with Gasteiger partial charge in [-0.25, -0.2) is 0 Å². The minimum absolute atomic E-state index is 0.254. The van der Waals surface area contributed by atoms with Crippen molar-refractivity contribution in [1.29, 1.82) is 0 Å². The van der Waals surface area contributed by atoms with Crippen LogP contribution in [0.25, 0.3) is 0 Å². The van der Waals surface area contributed by atoms with Gasteiger partial charge in [-0.3, -0.25) is 9.69 Å². The van der Waals surface area contributed by atoms with Gasteiger partial charge in [0.2, 0.25) is 0 Å². The van der Waals surface area contributed by atoms with Gasteiger partial charge < -0.3 is 9.84 Å². The van der Waals surface area contributed by atoms with E-state index >= 15 is 0 Å². The van der Waals surface area contributed by atoms with Crippen molar-refractivity contribution in [1.82, 2.24) is 4.90 Å². The number of methoxy groups -OCH3 is 1. The molecule has 0 spiro atoms. The number of fused-ring (bicyclic) bond motifs is 1. The van der Waals surface area contributed by atoms with Crippen molar-refractivity contribution >= 4 is 5.97 Å². The van der Waals surface area contributed by atoms with Gasteiger partial charge in [-0.05, 0) is 31.6 Å². The standard InChI is InChI=1S/C14H25NO3/c1-3-11(9-18-2)15-12-7-5-4-6-10(12)8-13(15)14(16)17/h10-13H,3-9H2,1-2H3,(H,16,17). The molecule has 0 aromatic carbocycles. The van der Waals surface area contributed by atoms with E-state index < -0.39 is 5.97 Å². The number of likely N-dealkylation sites (tertiary alicyclic amines) is 1. The zero-order valence-corrected chi connectivity index (χ0v) is 11.5. The average Bonchev–Trinajstić information content (AvgIpc) is 2.75. The smallest absolute Gasteiger partial charge is 0.320 e. The van der Waals surface area contributed by atoms with E-state index in [0.717, 1.165) is 19.3 Å². The predicted molar refractivity (Wildman–Crippen MR) is 69.6 cm³/mol. The van der Waals surface area contributed by atoms with Crippen LogP contribution in [-0.2, 0) is 9.53 Å². The summed E-state index contributed by atoms with van der Waals surface area (Å²) in [6, 6.07) is 0.433. The maximum absolute atomic E-state index is 11.5. The van der Waals surface area contributed by atoms with Crippen LogP contribution in [-0.4, -0.2) is 47.8 Å². The third-order valence-electron chi connectivity index (χ3n) is 4.67. The first-order valence-corrected chi connectivity index (χ1v) is 7.18. The molecule has 18 heavy (non-hydrogen) atoms. The fraction of sp³-hybridized carbons (Fsp3) is 0.929. The third-order valence-corrected chi connectivity index (χ3v) is 4.67. The second kappa shape index (κ2) is 6.02. The Kier molecular flexibility index (Phi) is 4.62. The molecule has 0 bridgehead atoms. The number of hydrogen-bond donors (Lipinski definition) is 1. The molecular formula is C14H25NO3. The summed E-state index contributed by atoms with van der Waals surface area (Å²) in [7, 11) is 1.70. The lowest BCUT2D eigenvalue weighted by Gasteiger charge is -2.38. The Bertz CT molecular complexity index is 295. The molecule has 4 unspecified atom stereocenters. The lowest BCUT2D eigenvalue weighted by Crippen LogP contribution is -2.50. The number of aliphatic carboxylic acids is 1. The molecular weight excluding hydrogens is 230 g/mol.